The average molecular weight is 396 g/mol. The molecule has 0 unspecified atom stereocenters. The van der Waals surface area contributed by atoms with E-state index in [-0.39, 0.29) is 6.03 Å². The van der Waals surface area contributed by atoms with E-state index in [4.69, 9.17) is 10.5 Å². The maximum absolute atomic E-state index is 12.1. The van der Waals surface area contributed by atoms with Gasteiger partial charge in [-0.25, -0.2) is 4.79 Å². The van der Waals surface area contributed by atoms with Gasteiger partial charge in [-0.3, -0.25) is 9.69 Å². The molecular formula is C22H28N4O3. The van der Waals surface area contributed by atoms with Crippen molar-refractivity contribution in [2.24, 2.45) is 5.73 Å². The summed E-state index contributed by atoms with van der Waals surface area (Å²) in [6.07, 6.45) is 2.00. The van der Waals surface area contributed by atoms with Gasteiger partial charge < -0.3 is 21.1 Å². The minimum absolute atomic E-state index is 0.208. The van der Waals surface area contributed by atoms with Gasteiger partial charge in [-0.15, -0.1) is 0 Å². The average Bonchev–Trinajstić information content (AvgIpc) is 2.75. The zero-order valence-corrected chi connectivity index (χ0v) is 16.5. The number of morpholine rings is 1. The van der Waals surface area contributed by atoms with Crippen molar-refractivity contribution in [2.45, 2.75) is 12.8 Å². The molecule has 0 bridgehead atoms. The van der Waals surface area contributed by atoms with Crippen molar-refractivity contribution in [1.82, 2.24) is 10.2 Å². The van der Waals surface area contributed by atoms with Gasteiger partial charge in [0.1, 0.15) is 0 Å². The molecule has 154 valence electrons. The fraction of sp³-hybridized carbons (Fsp3) is 0.364. The highest BCUT2D eigenvalue weighted by atomic mass is 16.5. The van der Waals surface area contributed by atoms with Crippen molar-refractivity contribution in [2.75, 3.05) is 44.7 Å². The van der Waals surface area contributed by atoms with Crippen molar-refractivity contribution in [1.29, 1.82) is 0 Å². The lowest BCUT2D eigenvalue weighted by molar-refractivity contribution is 0.0372. The molecule has 29 heavy (non-hydrogen) atoms. The summed E-state index contributed by atoms with van der Waals surface area (Å²) in [6, 6.07) is 14.4. The molecule has 0 aromatic heterocycles. The first-order chi connectivity index (χ1) is 14.1. The van der Waals surface area contributed by atoms with E-state index in [0.29, 0.717) is 17.8 Å². The topological polar surface area (TPSA) is 96.7 Å². The minimum Gasteiger partial charge on any atom is -0.379 e. The predicted molar refractivity (Wildman–Crippen MR) is 114 cm³/mol. The Morgan fingerprint density at radius 2 is 1.76 bits per heavy atom. The number of nitrogens with two attached hydrogens (primary N) is 1. The van der Waals surface area contributed by atoms with Gasteiger partial charge in [-0.05, 0) is 54.8 Å². The third kappa shape index (κ3) is 6.58. The molecule has 3 rings (SSSR count). The monoisotopic (exact) mass is 396 g/mol. The number of carbonyl (C=O) groups excluding carboxylic acids is 2. The Morgan fingerprint density at radius 3 is 2.48 bits per heavy atom. The van der Waals surface area contributed by atoms with Crippen molar-refractivity contribution < 1.29 is 14.3 Å². The third-order valence-electron chi connectivity index (χ3n) is 4.91. The molecule has 7 heteroatoms. The number of primary amides is 1. The summed E-state index contributed by atoms with van der Waals surface area (Å²) in [4.78, 5) is 25.8. The van der Waals surface area contributed by atoms with Crippen molar-refractivity contribution in [3.8, 4) is 11.1 Å². The first-order valence-corrected chi connectivity index (χ1v) is 9.97. The summed E-state index contributed by atoms with van der Waals surface area (Å²) in [5.41, 5.74) is 8.37. The van der Waals surface area contributed by atoms with Crippen LogP contribution in [0.25, 0.3) is 11.1 Å². The number of nitrogens with zero attached hydrogens (tertiary/aromatic N) is 1. The van der Waals surface area contributed by atoms with Gasteiger partial charge in [0.15, 0.2) is 0 Å². The Kier molecular flexibility index (Phi) is 7.61. The van der Waals surface area contributed by atoms with Crippen LogP contribution >= 0.6 is 0 Å². The highest BCUT2D eigenvalue weighted by Gasteiger charge is 2.09. The number of amides is 3. The number of benzene rings is 2. The van der Waals surface area contributed by atoms with Gasteiger partial charge in [0.05, 0.1) is 13.2 Å². The summed E-state index contributed by atoms with van der Waals surface area (Å²) < 4.78 is 5.34. The lowest BCUT2D eigenvalue weighted by Crippen LogP contribution is -2.37. The summed E-state index contributed by atoms with van der Waals surface area (Å²) in [6.45, 7) is 5.32. The molecule has 1 aliphatic heterocycles. The van der Waals surface area contributed by atoms with E-state index in [1.165, 1.54) is 0 Å². The smallest absolute Gasteiger partial charge is 0.319 e. The van der Waals surface area contributed by atoms with Gasteiger partial charge >= 0.3 is 6.03 Å². The van der Waals surface area contributed by atoms with Gasteiger partial charge in [0, 0.05) is 30.9 Å². The normalized spacial score (nSPS) is 14.3. The van der Waals surface area contributed by atoms with Crippen LogP contribution in [-0.4, -0.2) is 56.2 Å². The number of urea groups is 1. The van der Waals surface area contributed by atoms with Crippen molar-refractivity contribution in [3.05, 3.63) is 54.1 Å². The molecule has 1 aliphatic rings. The number of hydrogen-bond donors (Lipinski definition) is 3. The van der Waals surface area contributed by atoms with E-state index in [1.807, 2.05) is 30.3 Å². The number of ether oxygens (including phenoxy) is 1. The van der Waals surface area contributed by atoms with E-state index in [0.717, 1.165) is 56.8 Å². The lowest BCUT2D eigenvalue weighted by atomic mass is 10.0. The first kappa shape index (κ1) is 20.8. The Morgan fingerprint density at radius 1 is 1.00 bits per heavy atom. The second-order valence-electron chi connectivity index (χ2n) is 7.06. The van der Waals surface area contributed by atoms with Crippen LogP contribution in [0.5, 0.6) is 0 Å². The number of anilines is 1. The number of rotatable bonds is 8. The fourth-order valence-electron chi connectivity index (χ4n) is 3.26. The van der Waals surface area contributed by atoms with Crippen LogP contribution in [0.2, 0.25) is 0 Å². The molecule has 1 heterocycles. The number of hydrogen-bond acceptors (Lipinski definition) is 4. The quantitative estimate of drug-likeness (QED) is 0.598. The third-order valence-corrected chi connectivity index (χ3v) is 4.91. The Hall–Kier alpha value is -2.90. The summed E-state index contributed by atoms with van der Waals surface area (Å²) in [5, 5.41) is 5.73. The lowest BCUT2D eigenvalue weighted by Gasteiger charge is -2.26. The van der Waals surface area contributed by atoms with Gasteiger partial charge in [0.25, 0.3) is 0 Å². The van der Waals surface area contributed by atoms with Crippen LogP contribution in [0, 0.1) is 0 Å². The van der Waals surface area contributed by atoms with Crippen LogP contribution in [0.15, 0.2) is 48.5 Å². The molecule has 1 saturated heterocycles. The van der Waals surface area contributed by atoms with Crippen LogP contribution < -0.4 is 16.4 Å². The molecule has 2 aromatic rings. The molecular weight excluding hydrogens is 368 g/mol. The van der Waals surface area contributed by atoms with Gasteiger partial charge in [0.2, 0.25) is 5.91 Å². The van der Waals surface area contributed by atoms with Crippen molar-refractivity contribution >= 4 is 17.6 Å². The molecule has 0 aliphatic carbocycles. The van der Waals surface area contributed by atoms with E-state index in [9.17, 15) is 9.59 Å². The number of carbonyl (C=O) groups is 2. The molecule has 0 saturated carbocycles. The van der Waals surface area contributed by atoms with Crippen LogP contribution in [0.4, 0.5) is 10.5 Å². The molecule has 1 fully saturated rings. The molecule has 0 spiro atoms. The van der Waals surface area contributed by atoms with Gasteiger partial charge in [-0.1, -0.05) is 24.3 Å². The molecule has 4 N–H and O–H groups in total. The minimum atomic E-state index is -0.452. The second kappa shape index (κ2) is 10.6. The maximum Gasteiger partial charge on any atom is 0.319 e. The number of unbranched alkanes of at least 4 members (excludes halogenated alkanes) is 1. The largest absolute Gasteiger partial charge is 0.379 e. The van der Waals surface area contributed by atoms with Crippen LogP contribution in [0.3, 0.4) is 0 Å². The van der Waals surface area contributed by atoms with E-state index < -0.39 is 5.91 Å². The Balaban J connectivity index is 1.40. The predicted octanol–water partition coefficient (Wildman–Crippen LogP) is 2.69. The second-order valence-corrected chi connectivity index (χ2v) is 7.06. The number of nitrogens with one attached hydrogen (secondary N) is 2. The van der Waals surface area contributed by atoms with Crippen LogP contribution in [-0.2, 0) is 4.74 Å². The summed E-state index contributed by atoms with van der Waals surface area (Å²) in [7, 11) is 0. The standard InChI is InChI=1S/C22H28N4O3/c23-21(27)19-5-3-4-18(16-19)17-6-8-20(9-7-17)25-22(28)24-10-1-2-11-26-12-14-29-15-13-26/h3-9,16H,1-2,10-15H2,(H2,23,27)(H2,24,25,28). The highest BCUT2D eigenvalue weighted by Crippen LogP contribution is 2.22. The first-order valence-electron chi connectivity index (χ1n) is 9.97. The zero-order chi connectivity index (χ0) is 20.5. The Labute approximate surface area is 171 Å². The van der Waals surface area contributed by atoms with E-state index in [2.05, 4.69) is 15.5 Å². The Bertz CT molecular complexity index is 817. The molecule has 7 nitrogen and oxygen atoms in total. The maximum atomic E-state index is 12.1. The summed E-state index contributed by atoms with van der Waals surface area (Å²) in [5.74, 6) is -0.452. The highest BCUT2D eigenvalue weighted by molar-refractivity contribution is 5.94. The van der Waals surface area contributed by atoms with Crippen LogP contribution in [0.1, 0.15) is 23.2 Å². The molecule has 0 atom stereocenters. The van der Waals surface area contributed by atoms with Gasteiger partial charge in [-0.2, -0.15) is 0 Å². The molecule has 2 aromatic carbocycles. The van der Waals surface area contributed by atoms with E-state index >= 15 is 0 Å². The zero-order valence-electron chi connectivity index (χ0n) is 16.5. The van der Waals surface area contributed by atoms with Crippen molar-refractivity contribution in [3.63, 3.8) is 0 Å². The SMILES string of the molecule is NC(=O)c1cccc(-c2ccc(NC(=O)NCCCCN3CCOCC3)cc2)c1. The van der Waals surface area contributed by atoms with E-state index in [1.54, 1.807) is 18.2 Å². The molecule has 0 radical (unpaired) electrons. The molecule has 3 amide bonds. The summed E-state index contributed by atoms with van der Waals surface area (Å²) >= 11 is 0. The fourth-order valence-corrected chi connectivity index (χ4v) is 3.26.